The molecule has 8 heteroatoms. The number of carbonyl (C=O) groups is 2. The number of nitrogens with one attached hydrogen (secondary N) is 1. The Morgan fingerprint density at radius 3 is 2.37 bits per heavy atom. The third-order valence-electron chi connectivity index (χ3n) is 5.59. The molecule has 0 aliphatic carbocycles. The maximum Gasteiger partial charge on any atom is 0.273 e. The van der Waals surface area contributed by atoms with E-state index in [9.17, 15) is 19.7 Å². The second-order valence-electron chi connectivity index (χ2n) is 8.21. The number of rotatable bonds is 11. The summed E-state index contributed by atoms with van der Waals surface area (Å²) in [5.41, 5.74) is 1.96. The molecule has 0 saturated carbocycles. The fourth-order valence-electron chi connectivity index (χ4n) is 3.85. The first-order valence-corrected chi connectivity index (χ1v) is 12.3. The molecule has 3 aromatic rings. The number of nitro benzene ring substituents is 1. The lowest BCUT2D eigenvalue weighted by Gasteiger charge is -2.31. The summed E-state index contributed by atoms with van der Waals surface area (Å²) in [5.74, 6) is -0.603. The minimum absolute atomic E-state index is 0.113. The van der Waals surface area contributed by atoms with Crippen LogP contribution in [0.25, 0.3) is 0 Å². The number of nitrogens with zero attached hydrogens (tertiary/aromatic N) is 2. The minimum atomic E-state index is -0.779. The van der Waals surface area contributed by atoms with Crippen molar-refractivity contribution in [1.82, 2.24) is 10.2 Å². The zero-order valence-electron chi connectivity index (χ0n) is 19.5. The van der Waals surface area contributed by atoms with E-state index in [1.807, 2.05) is 61.5 Å². The number of benzene rings is 3. The van der Waals surface area contributed by atoms with Crippen LogP contribution in [-0.4, -0.2) is 34.2 Å². The van der Waals surface area contributed by atoms with Gasteiger partial charge in [0.25, 0.3) is 5.69 Å². The van der Waals surface area contributed by atoms with E-state index < -0.39 is 11.0 Å². The Bertz CT molecular complexity index is 1170. The molecule has 3 aromatic carbocycles. The molecule has 0 heterocycles. The minimum Gasteiger partial charge on any atom is -0.354 e. The molecule has 0 aliphatic rings. The molecule has 2 amide bonds. The largest absolute Gasteiger partial charge is 0.354 e. The zero-order chi connectivity index (χ0) is 25.2. The van der Waals surface area contributed by atoms with Gasteiger partial charge in [-0.2, -0.15) is 0 Å². The van der Waals surface area contributed by atoms with E-state index in [2.05, 4.69) is 21.2 Å². The molecule has 1 atom stereocenters. The Morgan fingerprint density at radius 1 is 1.00 bits per heavy atom. The molecule has 3 rings (SSSR count). The van der Waals surface area contributed by atoms with E-state index in [1.54, 1.807) is 18.2 Å². The smallest absolute Gasteiger partial charge is 0.273 e. The van der Waals surface area contributed by atoms with Gasteiger partial charge in [-0.25, -0.2) is 0 Å². The first-order valence-electron chi connectivity index (χ1n) is 11.5. The Morgan fingerprint density at radius 2 is 1.69 bits per heavy atom. The van der Waals surface area contributed by atoms with Gasteiger partial charge in [0.15, 0.2) is 0 Å². The summed E-state index contributed by atoms with van der Waals surface area (Å²) in [6.45, 7) is 2.65. The number of nitro groups is 1. The van der Waals surface area contributed by atoms with E-state index in [0.717, 1.165) is 22.0 Å². The third-order valence-corrected chi connectivity index (χ3v) is 6.09. The third kappa shape index (κ3) is 7.48. The molecule has 0 aliphatic heterocycles. The molecule has 0 radical (unpaired) electrons. The molecule has 0 unspecified atom stereocenters. The Kier molecular flexibility index (Phi) is 9.55. The molecule has 1 N–H and O–H groups in total. The van der Waals surface area contributed by atoms with Crippen LogP contribution >= 0.6 is 15.9 Å². The molecule has 0 fully saturated rings. The number of amides is 2. The van der Waals surface area contributed by atoms with Crippen molar-refractivity contribution >= 4 is 33.4 Å². The number of hydrogen-bond donors (Lipinski definition) is 1. The molecule has 182 valence electrons. The van der Waals surface area contributed by atoms with Crippen LogP contribution in [0.4, 0.5) is 5.69 Å². The highest BCUT2D eigenvalue weighted by atomic mass is 79.9. The van der Waals surface area contributed by atoms with Crippen LogP contribution in [0.2, 0.25) is 0 Å². The van der Waals surface area contributed by atoms with Crippen molar-refractivity contribution in [1.29, 1.82) is 0 Å². The Balaban J connectivity index is 2.00. The van der Waals surface area contributed by atoms with Crippen molar-refractivity contribution in [2.45, 2.75) is 38.8 Å². The van der Waals surface area contributed by atoms with Crippen LogP contribution in [0.3, 0.4) is 0 Å². The number of para-hydroxylation sites is 1. The van der Waals surface area contributed by atoms with Crippen LogP contribution < -0.4 is 5.32 Å². The van der Waals surface area contributed by atoms with E-state index in [-0.39, 0.29) is 30.5 Å². The molecule has 0 aromatic heterocycles. The van der Waals surface area contributed by atoms with E-state index in [0.29, 0.717) is 18.5 Å². The molecule has 0 spiro atoms. The fourth-order valence-corrected chi connectivity index (χ4v) is 4.30. The summed E-state index contributed by atoms with van der Waals surface area (Å²) in [5, 5.41) is 14.4. The van der Waals surface area contributed by atoms with Crippen LogP contribution in [0.5, 0.6) is 0 Å². The number of carbonyl (C=O) groups excluding carboxylic acids is 2. The summed E-state index contributed by atoms with van der Waals surface area (Å²) in [6, 6.07) is 22.5. The van der Waals surface area contributed by atoms with Crippen molar-refractivity contribution in [3.8, 4) is 0 Å². The lowest BCUT2D eigenvalue weighted by molar-refractivity contribution is -0.385. The van der Waals surface area contributed by atoms with Gasteiger partial charge >= 0.3 is 0 Å². The lowest BCUT2D eigenvalue weighted by atomic mass is 10.0. The summed E-state index contributed by atoms with van der Waals surface area (Å²) < 4.78 is 0.858. The molecule has 7 nitrogen and oxygen atoms in total. The first-order chi connectivity index (χ1) is 16.9. The fraction of sp³-hybridized carbons (Fsp3) is 0.259. The van der Waals surface area contributed by atoms with Crippen LogP contribution in [0.15, 0.2) is 83.3 Å². The average Bonchev–Trinajstić information content (AvgIpc) is 2.85. The van der Waals surface area contributed by atoms with Gasteiger partial charge in [0.2, 0.25) is 11.8 Å². The molecule has 0 saturated heterocycles. The first kappa shape index (κ1) is 26.1. The highest BCUT2D eigenvalue weighted by molar-refractivity contribution is 9.10. The van der Waals surface area contributed by atoms with Gasteiger partial charge in [-0.05, 0) is 29.7 Å². The standard InChI is InChI=1S/C27H28BrN3O4/c1-2-15-29-27(33)25(17-20-9-4-3-5-10-20)30(19-21-11-8-13-23(28)16-21)26(32)18-22-12-6-7-14-24(22)31(34)35/h3-14,16,25H,2,15,17-19H2,1H3,(H,29,33)/t25-/m1/s1. The summed E-state index contributed by atoms with van der Waals surface area (Å²) in [6.07, 6.45) is 0.907. The molecular formula is C27H28BrN3O4. The van der Waals surface area contributed by atoms with Crippen molar-refractivity contribution in [3.05, 3.63) is 110 Å². The zero-order valence-corrected chi connectivity index (χ0v) is 21.1. The molecular weight excluding hydrogens is 510 g/mol. The van der Waals surface area contributed by atoms with E-state index in [4.69, 9.17) is 0 Å². The number of hydrogen-bond acceptors (Lipinski definition) is 4. The van der Waals surface area contributed by atoms with Crippen molar-refractivity contribution in [2.24, 2.45) is 0 Å². The van der Waals surface area contributed by atoms with Gasteiger partial charge in [-0.3, -0.25) is 19.7 Å². The second kappa shape index (κ2) is 12.8. The van der Waals surface area contributed by atoms with Crippen molar-refractivity contribution in [3.63, 3.8) is 0 Å². The van der Waals surface area contributed by atoms with Gasteiger partial charge in [0, 0.05) is 35.6 Å². The topological polar surface area (TPSA) is 92.6 Å². The lowest BCUT2D eigenvalue weighted by Crippen LogP contribution is -2.51. The monoisotopic (exact) mass is 537 g/mol. The summed E-state index contributed by atoms with van der Waals surface area (Å²) >= 11 is 3.46. The van der Waals surface area contributed by atoms with Crippen molar-refractivity contribution < 1.29 is 14.5 Å². The summed E-state index contributed by atoms with van der Waals surface area (Å²) in [4.78, 5) is 39.6. The highest BCUT2D eigenvalue weighted by Crippen LogP contribution is 2.22. The van der Waals surface area contributed by atoms with Crippen LogP contribution in [-0.2, 0) is 29.0 Å². The quantitative estimate of drug-likeness (QED) is 0.273. The summed E-state index contributed by atoms with van der Waals surface area (Å²) in [7, 11) is 0. The Hall–Kier alpha value is -3.52. The predicted molar refractivity (Wildman–Crippen MR) is 139 cm³/mol. The average molecular weight is 538 g/mol. The van der Waals surface area contributed by atoms with Gasteiger partial charge in [-0.1, -0.05) is 83.5 Å². The van der Waals surface area contributed by atoms with E-state index >= 15 is 0 Å². The predicted octanol–water partition coefficient (Wildman–Crippen LogP) is 5.07. The molecule has 0 bridgehead atoms. The molecule has 35 heavy (non-hydrogen) atoms. The SMILES string of the molecule is CCCNC(=O)[C@@H](Cc1ccccc1)N(Cc1cccc(Br)c1)C(=O)Cc1ccccc1[N+](=O)[O-]. The second-order valence-corrected chi connectivity index (χ2v) is 9.13. The van der Waals surface area contributed by atoms with Crippen LogP contribution in [0, 0.1) is 10.1 Å². The van der Waals surface area contributed by atoms with Gasteiger partial charge in [0.05, 0.1) is 11.3 Å². The van der Waals surface area contributed by atoms with Crippen molar-refractivity contribution in [2.75, 3.05) is 6.54 Å². The van der Waals surface area contributed by atoms with Gasteiger partial charge in [0.1, 0.15) is 6.04 Å². The Labute approximate surface area is 213 Å². The van der Waals surface area contributed by atoms with E-state index in [1.165, 1.54) is 11.0 Å². The van der Waals surface area contributed by atoms with Crippen LogP contribution in [0.1, 0.15) is 30.0 Å². The highest BCUT2D eigenvalue weighted by Gasteiger charge is 2.31. The van der Waals surface area contributed by atoms with Gasteiger partial charge in [-0.15, -0.1) is 0 Å². The maximum absolute atomic E-state index is 13.7. The normalized spacial score (nSPS) is 11.5. The maximum atomic E-state index is 13.7. The van der Waals surface area contributed by atoms with Gasteiger partial charge < -0.3 is 10.2 Å². The number of halogens is 1.